The van der Waals surface area contributed by atoms with Crippen LogP contribution in [-0.2, 0) is 10.8 Å². The smallest absolute Gasteiger partial charge is 0.237 e. The molecule has 6 heteroatoms. The molecule has 2 unspecified atom stereocenters. The summed E-state index contributed by atoms with van der Waals surface area (Å²) in [7, 11) is -1.17. The summed E-state index contributed by atoms with van der Waals surface area (Å²) in [6.45, 7) is 6.40. The van der Waals surface area contributed by atoms with Gasteiger partial charge >= 0.3 is 0 Å². The molecule has 0 aromatic carbocycles. The van der Waals surface area contributed by atoms with Gasteiger partial charge < -0.3 is 0 Å². The van der Waals surface area contributed by atoms with Crippen molar-refractivity contribution in [2.24, 2.45) is 5.92 Å². The highest BCUT2D eigenvalue weighted by Gasteiger charge is 2.17. The first-order valence-electron chi connectivity index (χ1n) is 5.54. The third kappa shape index (κ3) is 2.22. The van der Waals surface area contributed by atoms with E-state index in [1.807, 2.05) is 0 Å². The molecule has 0 saturated carbocycles. The Morgan fingerprint density at radius 3 is 2.47 bits per heavy atom. The fourth-order valence-electron chi connectivity index (χ4n) is 1.54. The number of hydrogen-bond donors (Lipinski definition) is 0. The highest BCUT2D eigenvalue weighted by Crippen LogP contribution is 2.22. The lowest BCUT2D eigenvalue weighted by atomic mass is 9.98. The Morgan fingerprint density at radius 1 is 1.24 bits per heavy atom. The maximum atomic E-state index is 11.4. The number of rotatable bonds is 3. The fourth-order valence-corrected chi connectivity index (χ4v) is 1.94. The van der Waals surface area contributed by atoms with Gasteiger partial charge in [-0.25, -0.2) is 14.5 Å². The molecule has 0 N–H and O–H groups in total. The van der Waals surface area contributed by atoms with Crippen molar-refractivity contribution in [3.63, 3.8) is 0 Å². The Hall–Kier alpha value is -1.30. The highest BCUT2D eigenvalue weighted by atomic mass is 32.2. The van der Waals surface area contributed by atoms with E-state index in [2.05, 4.69) is 35.8 Å². The Bertz CT molecular complexity index is 564. The summed E-state index contributed by atoms with van der Waals surface area (Å²) >= 11 is 0. The van der Waals surface area contributed by atoms with E-state index >= 15 is 0 Å². The van der Waals surface area contributed by atoms with E-state index in [1.165, 1.54) is 0 Å². The Labute approximate surface area is 103 Å². The van der Waals surface area contributed by atoms with Gasteiger partial charge in [0, 0.05) is 12.2 Å². The molecule has 2 heterocycles. The van der Waals surface area contributed by atoms with Crippen LogP contribution in [0.1, 0.15) is 32.5 Å². The van der Waals surface area contributed by atoms with Gasteiger partial charge in [0.2, 0.25) is 5.16 Å². The van der Waals surface area contributed by atoms with Gasteiger partial charge in [-0.3, -0.25) is 4.21 Å². The van der Waals surface area contributed by atoms with Gasteiger partial charge in [0.05, 0.1) is 23.2 Å². The van der Waals surface area contributed by atoms with Crippen LogP contribution in [0.3, 0.4) is 0 Å². The molecule has 0 radical (unpaired) electrons. The van der Waals surface area contributed by atoms with Crippen LogP contribution in [0, 0.1) is 5.92 Å². The number of fused-ring (bicyclic) bond motifs is 1. The van der Waals surface area contributed by atoms with Crippen LogP contribution in [0.5, 0.6) is 0 Å². The molecule has 0 spiro atoms. The fraction of sp³-hybridized carbons (Fsp3) is 0.545. The van der Waals surface area contributed by atoms with Gasteiger partial charge in [0.1, 0.15) is 11.3 Å². The Morgan fingerprint density at radius 2 is 1.88 bits per heavy atom. The van der Waals surface area contributed by atoms with Crippen molar-refractivity contribution < 1.29 is 4.21 Å². The van der Waals surface area contributed by atoms with E-state index in [-0.39, 0.29) is 0 Å². The topological polar surface area (TPSA) is 60.2 Å². The third-order valence-electron chi connectivity index (χ3n) is 2.95. The molecule has 0 aliphatic heterocycles. The maximum absolute atomic E-state index is 11.4. The van der Waals surface area contributed by atoms with Gasteiger partial charge in [-0.15, -0.1) is 5.10 Å². The van der Waals surface area contributed by atoms with E-state index in [0.29, 0.717) is 17.0 Å². The third-order valence-corrected chi connectivity index (χ3v) is 3.65. The van der Waals surface area contributed by atoms with E-state index in [1.54, 1.807) is 23.2 Å². The van der Waals surface area contributed by atoms with Crippen molar-refractivity contribution >= 4 is 16.3 Å². The van der Waals surface area contributed by atoms with E-state index in [0.717, 1.165) is 11.3 Å². The molecule has 2 aromatic heterocycles. The predicted octanol–water partition coefficient (Wildman–Crippen LogP) is 1.62. The first-order valence-corrected chi connectivity index (χ1v) is 7.10. The van der Waals surface area contributed by atoms with Crippen molar-refractivity contribution in [1.29, 1.82) is 0 Å². The predicted molar refractivity (Wildman–Crippen MR) is 66.4 cm³/mol. The first-order chi connectivity index (χ1) is 8.00. The lowest BCUT2D eigenvalue weighted by Gasteiger charge is -2.13. The molecule has 2 aromatic rings. The van der Waals surface area contributed by atoms with Gasteiger partial charge in [-0.1, -0.05) is 20.8 Å². The molecular weight excluding hydrogens is 236 g/mol. The normalized spacial score (nSPS) is 15.4. The summed E-state index contributed by atoms with van der Waals surface area (Å²) in [4.78, 5) is 8.43. The van der Waals surface area contributed by atoms with E-state index in [9.17, 15) is 4.21 Å². The zero-order chi connectivity index (χ0) is 12.6. The minimum atomic E-state index is -1.17. The minimum Gasteiger partial charge on any atom is -0.251 e. The highest BCUT2D eigenvalue weighted by molar-refractivity contribution is 7.84. The van der Waals surface area contributed by atoms with Crippen molar-refractivity contribution in [3.8, 4) is 0 Å². The average molecular weight is 252 g/mol. The van der Waals surface area contributed by atoms with E-state index < -0.39 is 10.8 Å². The molecule has 0 saturated heterocycles. The monoisotopic (exact) mass is 252 g/mol. The van der Waals surface area contributed by atoms with Crippen LogP contribution in [0.4, 0.5) is 0 Å². The molecule has 92 valence electrons. The van der Waals surface area contributed by atoms with Crippen molar-refractivity contribution in [2.45, 2.75) is 31.8 Å². The summed E-state index contributed by atoms with van der Waals surface area (Å²) in [6.07, 6.45) is 4.98. The Kier molecular flexibility index (Phi) is 3.24. The second-order valence-electron chi connectivity index (χ2n) is 4.48. The molecule has 0 aliphatic carbocycles. The lowest BCUT2D eigenvalue weighted by Crippen LogP contribution is -2.11. The van der Waals surface area contributed by atoms with Gasteiger partial charge in [0.15, 0.2) is 0 Å². The number of hydrogen-bond acceptors (Lipinski definition) is 4. The van der Waals surface area contributed by atoms with Crippen LogP contribution < -0.4 is 0 Å². The standard InChI is InChI=1S/C11H16N4OS/c1-7(2)8(3)10-12-5-9-6-13-11(17(4)16)14-15(9)10/h5-8H,1-4H3. The number of imidazole rings is 1. The summed E-state index contributed by atoms with van der Waals surface area (Å²) in [5.41, 5.74) is 0.835. The molecule has 2 atom stereocenters. The molecule has 5 nitrogen and oxygen atoms in total. The van der Waals surface area contributed by atoms with E-state index in [4.69, 9.17) is 0 Å². The van der Waals surface area contributed by atoms with Gasteiger partial charge in [0.25, 0.3) is 0 Å². The second-order valence-corrected chi connectivity index (χ2v) is 5.75. The van der Waals surface area contributed by atoms with Crippen LogP contribution in [-0.4, -0.2) is 30.0 Å². The minimum absolute atomic E-state index is 0.297. The summed E-state index contributed by atoms with van der Waals surface area (Å²) < 4.78 is 13.1. The number of aromatic nitrogens is 4. The van der Waals surface area contributed by atoms with Crippen molar-refractivity contribution in [1.82, 2.24) is 19.6 Å². The second kappa shape index (κ2) is 4.52. The van der Waals surface area contributed by atoms with Crippen molar-refractivity contribution in [3.05, 3.63) is 18.2 Å². The SMILES string of the molecule is CC(C)C(C)c1ncc2cnc(S(C)=O)nn12. The molecule has 0 aliphatic rings. The molecule has 2 rings (SSSR count). The van der Waals surface area contributed by atoms with Crippen molar-refractivity contribution in [2.75, 3.05) is 6.26 Å². The summed E-state index contributed by atoms with van der Waals surface area (Å²) in [5.74, 6) is 1.67. The zero-order valence-corrected chi connectivity index (χ0v) is 11.2. The largest absolute Gasteiger partial charge is 0.251 e. The lowest BCUT2D eigenvalue weighted by molar-refractivity contribution is 0.498. The molecule has 0 amide bonds. The maximum Gasteiger partial charge on any atom is 0.237 e. The summed E-state index contributed by atoms with van der Waals surface area (Å²) in [5, 5.41) is 4.62. The van der Waals surface area contributed by atoms with Gasteiger partial charge in [-0.2, -0.15) is 0 Å². The Balaban J connectivity index is 2.57. The average Bonchev–Trinajstić information content (AvgIpc) is 2.70. The van der Waals surface area contributed by atoms with Gasteiger partial charge in [-0.05, 0) is 5.92 Å². The quantitative estimate of drug-likeness (QED) is 0.833. The molecule has 0 bridgehead atoms. The van der Waals surface area contributed by atoms with Crippen LogP contribution >= 0.6 is 0 Å². The first kappa shape index (κ1) is 12.2. The summed E-state index contributed by atoms with van der Waals surface area (Å²) in [6, 6.07) is 0. The zero-order valence-electron chi connectivity index (χ0n) is 10.4. The molecule has 0 fully saturated rings. The molecule has 17 heavy (non-hydrogen) atoms. The number of nitrogens with zero attached hydrogens (tertiary/aromatic N) is 4. The molecular formula is C11H16N4OS. The van der Waals surface area contributed by atoms with Crippen LogP contribution in [0.2, 0.25) is 0 Å². The van der Waals surface area contributed by atoms with Crippen LogP contribution in [0.25, 0.3) is 5.52 Å². The van der Waals surface area contributed by atoms with Crippen LogP contribution in [0.15, 0.2) is 17.6 Å².